The van der Waals surface area contributed by atoms with E-state index in [0.717, 1.165) is 42.6 Å². The summed E-state index contributed by atoms with van der Waals surface area (Å²) in [7, 11) is 0. The molecule has 22 heavy (non-hydrogen) atoms. The molecule has 1 fully saturated rings. The number of pyridine rings is 1. The summed E-state index contributed by atoms with van der Waals surface area (Å²) in [5.41, 5.74) is 2.31. The van der Waals surface area contributed by atoms with E-state index in [1.165, 1.54) is 0 Å². The van der Waals surface area contributed by atoms with Crippen molar-refractivity contribution in [3.8, 4) is 17.0 Å². The molecule has 2 heterocycles. The van der Waals surface area contributed by atoms with E-state index in [4.69, 9.17) is 4.74 Å². The summed E-state index contributed by atoms with van der Waals surface area (Å²) in [6.45, 7) is 4.26. The lowest BCUT2D eigenvalue weighted by molar-refractivity contribution is 0.00595. The third kappa shape index (κ3) is 2.98. The van der Waals surface area contributed by atoms with Crippen molar-refractivity contribution in [2.24, 2.45) is 0 Å². The first-order chi connectivity index (χ1) is 10.7. The van der Waals surface area contributed by atoms with E-state index in [1.807, 2.05) is 43.3 Å². The Bertz CT molecular complexity index is 619. The minimum atomic E-state index is -0.707. The fourth-order valence-corrected chi connectivity index (χ4v) is 2.95. The Kier molecular flexibility index (Phi) is 4.41. The average molecular weight is 298 g/mol. The maximum absolute atomic E-state index is 10.8. The van der Waals surface area contributed by atoms with Crippen molar-refractivity contribution in [1.29, 1.82) is 0 Å². The van der Waals surface area contributed by atoms with Crippen LogP contribution in [0.2, 0.25) is 0 Å². The number of nitrogens with zero attached hydrogens (tertiary/aromatic N) is 1. The van der Waals surface area contributed by atoms with Crippen molar-refractivity contribution in [3.63, 3.8) is 0 Å². The number of ether oxygens (including phenoxy) is 1. The molecule has 1 saturated heterocycles. The zero-order valence-electron chi connectivity index (χ0n) is 12.9. The number of benzene rings is 1. The quantitative estimate of drug-likeness (QED) is 0.911. The Morgan fingerprint density at radius 2 is 1.91 bits per heavy atom. The summed E-state index contributed by atoms with van der Waals surface area (Å²) in [6.07, 6.45) is 3.24. The standard InChI is InChI=1S/C18H22N2O2/c1-2-22-17-16(4-3-11-20-17)14-5-7-15(8-6-14)18(21)9-12-19-13-10-18/h3-8,11,19,21H,2,9-10,12-13H2,1H3. The van der Waals surface area contributed by atoms with Gasteiger partial charge in [-0.25, -0.2) is 4.98 Å². The normalized spacial score (nSPS) is 17.2. The van der Waals surface area contributed by atoms with Crippen molar-refractivity contribution in [2.45, 2.75) is 25.4 Å². The van der Waals surface area contributed by atoms with Gasteiger partial charge in [0, 0.05) is 11.8 Å². The van der Waals surface area contributed by atoms with Crippen LogP contribution in [-0.4, -0.2) is 29.8 Å². The van der Waals surface area contributed by atoms with E-state index in [0.29, 0.717) is 12.5 Å². The van der Waals surface area contributed by atoms with Crippen LogP contribution >= 0.6 is 0 Å². The summed E-state index contributed by atoms with van der Waals surface area (Å²) in [4.78, 5) is 4.29. The molecule has 1 aliphatic rings. The molecule has 116 valence electrons. The summed E-state index contributed by atoms with van der Waals surface area (Å²) in [5.74, 6) is 0.651. The zero-order chi connectivity index (χ0) is 15.4. The van der Waals surface area contributed by atoms with Crippen molar-refractivity contribution >= 4 is 0 Å². The van der Waals surface area contributed by atoms with Gasteiger partial charge in [0.25, 0.3) is 0 Å². The Morgan fingerprint density at radius 3 is 2.59 bits per heavy atom. The fraction of sp³-hybridized carbons (Fsp3) is 0.389. The number of hydrogen-bond acceptors (Lipinski definition) is 4. The summed E-state index contributed by atoms with van der Waals surface area (Å²) in [5, 5.41) is 14.0. The SMILES string of the molecule is CCOc1ncccc1-c1ccc(C2(O)CCNCC2)cc1. The molecular formula is C18H22N2O2. The molecule has 0 radical (unpaired) electrons. The van der Waals surface area contributed by atoms with Gasteiger partial charge in [0.1, 0.15) is 0 Å². The smallest absolute Gasteiger partial charge is 0.221 e. The minimum absolute atomic E-state index is 0.592. The minimum Gasteiger partial charge on any atom is -0.478 e. The first kappa shape index (κ1) is 15.0. The molecule has 0 saturated carbocycles. The topological polar surface area (TPSA) is 54.4 Å². The molecule has 0 spiro atoms. The van der Waals surface area contributed by atoms with E-state index in [-0.39, 0.29) is 0 Å². The molecule has 4 heteroatoms. The molecule has 3 rings (SSSR count). The maximum Gasteiger partial charge on any atom is 0.221 e. The number of aromatic nitrogens is 1. The van der Waals surface area contributed by atoms with E-state index in [1.54, 1.807) is 6.20 Å². The van der Waals surface area contributed by atoms with Crippen LogP contribution in [0.5, 0.6) is 5.88 Å². The molecular weight excluding hydrogens is 276 g/mol. The lowest BCUT2D eigenvalue weighted by atomic mass is 9.84. The molecule has 2 N–H and O–H groups in total. The third-order valence-electron chi connectivity index (χ3n) is 4.22. The summed E-state index contributed by atoms with van der Waals surface area (Å²) >= 11 is 0. The summed E-state index contributed by atoms with van der Waals surface area (Å²) < 4.78 is 5.59. The lowest BCUT2D eigenvalue weighted by Crippen LogP contribution is -2.39. The highest BCUT2D eigenvalue weighted by atomic mass is 16.5. The first-order valence-electron chi connectivity index (χ1n) is 7.85. The van der Waals surface area contributed by atoms with Crippen LogP contribution < -0.4 is 10.1 Å². The van der Waals surface area contributed by atoms with E-state index in [2.05, 4.69) is 10.3 Å². The lowest BCUT2D eigenvalue weighted by Gasteiger charge is -2.33. The van der Waals surface area contributed by atoms with Gasteiger partial charge in [-0.3, -0.25) is 0 Å². The first-order valence-corrected chi connectivity index (χ1v) is 7.85. The Balaban J connectivity index is 1.88. The molecule has 1 aliphatic heterocycles. The Morgan fingerprint density at radius 1 is 1.18 bits per heavy atom. The van der Waals surface area contributed by atoms with Gasteiger partial charge in [0.2, 0.25) is 5.88 Å². The van der Waals surface area contributed by atoms with Crippen LogP contribution in [-0.2, 0) is 5.60 Å². The molecule has 0 bridgehead atoms. The van der Waals surface area contributed by atoms with Crippen LogP contribution in [0.15, 0.2) is 42.6 Å². The second-order valence-electron chi connectivity index (χ2n) is 5.65. The number of piperidine rings is 1. The highest BCUT2D eigenvalue weighted by Crippen LogP contribution is 2.33. The van der Waals surface area contributed by atoms with Crippen molar-refractivity contribution in [2.75, 3.05) is 19.7 Å². The van der Waals surface area contributed by atoms with Gasteiger partial charge in [-0.2, -0.15) is 0 Å². The van der Waals surface area contributed by atoms with Gasteiger partial charge in [-0.15, -0.1) is 0 Å². The van der Waals surface area contributed by atoms with E-state index >= 15 is 0 Å². The van der Waals surface area contributed by atoms with Crippen LogP contribution in [0.25, 0.3) is 11.1 Å². The largest absolute Gasteiger partial charge is 0.478 e. The van der Waals surface area contributed by atoms with Gasteiger partial charge < -0.3 is 15.2 Å². The zero-order valence-corrected chi connectivity index (χ0v) is 12.9. The maximum atomic E-state index is 10.8. The molecule has 2 aromatic rings. The molecule has 1 aromatic heterocycles. The predicted octanol–water partition coefficient (Wildman–Crippen LogP) is 2.72. The van der Waals surface area contributed by atoms with E-state index in [9.17, 15) is 5.11 Å². The van der Waals surface area contributed by atoms with Gasteiger partial charge in [-0.05, 0) is 56.1 Å². The van der Waals surface area contributed by atoms with Crippen molar-refractivity contribution in [1.82, 2.24) is 10.3 Å². The van der Waals surface area contributed by atoms with Crippen molar-refractivity contribution in [3.05, 3.63) is 48.2 Å². The highest BCUT2D eigenvalue weighted by molar-refractivity contribution is 5.68. The number of nitrogens with one attached hydrogen (secondary N) is 1. The molecule has 4 nitrogen and oxygen atoms in total. The highest BCUT2D eigenvalue weighted by Gasteiger charge is 2.30. The van der Waals surface area contributed by atoms with Crippen LogP contribution in [0.4, 0.5) is 0 Å². The number of hydrogen-bond donors (Lipinski definition) is 2. The molecule has 0 aliphatic carbocycles. The fourth-order valence-electron chi connectivity index (χ4n) is 2.95. The van der Waals surface area contributed by atoms with Crippen LogP contribution in [0.3, 0.4) is 0 Å². The third-order valence-corrected chi connectivity index (χ3v) is 4.22. The second-order valence-corrected chi connectivity index (χ2v) is 5.65. The molecule has 0 amide bonds. The number of rotatable bonds is 4. The second kappa shape index (κ2) is 6.46. The Labute approximate surface area is 131 Å². The predicted molar refractivity (Wildman–Crippen MR) is 86.8 cm³/mol. The molecule has 0 atom stereocenters. The molecule has 0 unspecified atom stereocenters. The van der Waals surface area contributed by atoms with Crippen LogP contribution in [0.1, 0.15) is 25.3 Å². The van der Waals surface area contributed by atoms with E-state index < -0.39 is 5.60 Å². The monoisotopic (exact) mass is 298 g/mol. The van der Waals surface area contributed by atoms with Gasteiger partial charge in [0.05, 0.1) is 12.2 Å². The average Bonchev–Trinajstić information content (AvgIpc) is 2.57. The molecule has 1 aromatic carbocycles. The van der Waals surface area contributed by atoms with Gasteiger partial charge >= 0.3 is 0 Å². The van der Waals surface area contributed by atoms with Gasteiger partial charge in [-0.1, -0.05) is 24.3 Å². The Hall–Kier alpha value is -1.91. The van der Waals surface area contributed by atoms with Crippen LogP contribution in [0, 0.1) is 0 Å². The summed E-state index contributed by atoms with van der Waals surface area (Å²) in [6, 6.07) is 12.0. The van der Waals surface area contributed by atoms with Gasteiger partial charge in [0.15, 0.2) is 0 Å². The number of aliphatic hydroxyl groups is 1. The van der Waals surface area contributed by atoms with Crippen molar-refractivity contribution < 1.29 is 9.84 Å².